The number of halogens is 1. The smallest absolute Gasteiger partial charge is 0.236 e. The maximum absolute atomic E-state index is 10.9. The summed E-state index contributed by atoms with van der Waals surface area (Å²) in [6.45, 7) is 4.60. The molecule has 2 aromatic carbocycles. The van der Waals surface area contributed by atoms with Gasteiger partial charge in [-0.3, -0.25) is 4.79 Å². The molecular formula is C21H25ClN2O5. The Hall–Kier alpha value is -2.93. The van der Waals surface area contributed by atoms with Gasteiger partial charge in [0.25, 0.3) is 0 Å². The summed E-state index contributed by atoms with van der Waals surface area (Å²) >= 11 is 6.35. The molecule has 156 valence electrons. The second-order valence-corrected chi connectivity index (χ2v) is 6.33. The van der Waals surface area contributed by atoms with Gasteiger partial charge in [0.05, 0.1) is 38.2 Å². The van der Waals surface area contributed by atoms with Crippen molar-refractivity contribution in [2.24, 2.45) is 5.10 Å². The third-order valence-corrected chi connectivity index (χ3v) is 3.89. The normalized spacial score (nSPS) is 10.6. The molecule has 7 nitrogen and oxygen atoms in total. The number of benzene rings is 2. The third-order valence-electron chi connectivity index (χ3n) is 3.61. The van der Waals surface area contributed by atoms with E-state index in [0.29, 0.717) is 48.3 Å². The second-order valence-electron chi connectivity index (χ2n) is 5.92. The largest absolute Gasteiger partial charge is 0.497 e. The van der Waals surface area contributed by atoms with Crippen molar-refractivity contribution in [3.8, 4) is 23.0 Å². The van der Waals surface area contributed by atoms with Crippen LogP contribution in [0, 0.1) is 0 Å². The number of rotatable bonds is 11. The van der Waals surface area contributed by atoms with Crippen LogP contribution in [0.1, 0.15) is 25.8 Å². The van der Waals surface area contributed by atoms with E-state index in [4.69, 9.17) is 30.5 Å². The number of hydrogen-bond acceptors (Lipinski definition) is 6. The van der Waals surface area contributed by atoms with Crippen LogP contribution in [0.4, 0.5) is 0 Å². The van der Waals surface area contributed by atoms with Gasteiger partial charge in [-0.05, 0) is 36.8 Å². The Balaban J connectivity index is 1.92. The molecule has 2 rings (SSSR count). The van der Waals surface area contributed by atoms with Gasteiger partial charge >= 0.3 is 0 Å². The fourth-order valence-corrected chi connectivity index (χ4v) is 2.65. The monoisotopic (exact) mass is 420 g/mol. The molecule has 0 aromatic heterocycles. The predicted molar refractivity (Wildman–Crippen MR) is 113 cm³/mol. The van der Waals surface area contributed by atoms with E-state index in [1.807, 2.05) is 31.2 Å². The molecule has 0 aliphatic carbocycles. The van der Waals surface area contributed by atoms with E-state index in [2.05, 4.69) is 10.5 Å². The Morgan fingerprint density at radius 1 is 1.14 bits per heavy atom. The van der Waals surface area contributed by atoms with Crippen molar-refractivity contribution in [2.45, 2.75) is 20.3 Å². The van der Waals surface area contributed by atoms with E-state index in [0.717, 1.165) is 11.5 Å². The van der Waals surface area contributed by atoms with Crippen LogP contribution in [0.15, 0.2) is 41.5 Å². The van der Waals surface area contributed by atoms with E-state index in [1.54, 1.807) is 19.2 Å². The summed E-state index contributed by atoms with van der Waals surface area (Å²) in [6, 6.07) is 10.9. The SMILES string of the molecule is CCOc1cc(C=NNC(C)=O)cc(Cl)c1OCCCOc1cccc(OC)c1. The number of hydrogen-bond donors (Lipinski definition) is 1. The summed E-state index contributed by atoms with van der Waals surface area (Å²) in [7, 11) is 1.61. The van der Waals surface area contributed by atoms with Crippen LogP contribution in [0.2, 0.25) is 5.02 Å². The van der Waals surface area contributed by atoms with Crippen molar-refractivity contribution in [3.63, 3.8) is 0 Å². The van der Waals surface area contributed by atoms with Gasteiger partial charge in [-0.25, -0.2) is 5.43 Å². The Kier molecular flexibility index (Phi) is 9.11. The highest BCUT2D eigenvalue weighted by atomic mass is 35.5. The topological polar surface area (TPSA) is 78.4 Å². The number of methoxy groups -OCH3 is 1. The molecule has 0 spiro atoms. The summed E-state index contributed by atoms with van der Waals surface area (Å²) in [5, 5.41) is 4.23. The highest BCUT2D eigenvalue weighted by Gasteiger charge is 2.12. The number of nitrogens with zero attached hydrogens (tertiary/aromatic N) is 1. The number of carbonyl (C=O) groups excluding carboxylic acids is 1. The molecule has 1 amide bonds. The first-order valence-electron chi connectivity index (χ1n) is 9.19. The number of carbonyl (C=O) groups is 1. The van der Waals surface area contributed by atoms with Gasteiger partial charge in [-0.15, -0.1) is 0 Å². The minimum atomic E-state index is -0.256. The molecule has 0 fully saturated rings. The van der Waals surface area contributed by atoms with Gasteiger partial charge < -0.3 is 18.9 Å². The van der Waals surface area contributed by atoms with Crippen molar-refractivity contribution >= 4 is 23.7 Å². The first-order valence-corrected chi connectivity index (χ1v) is 9.57. The molecule has 0 aliphatic heterocycles. The molecule has 0 saturated heterocycles. The minimum Gasteiger partial charge on any atom is -0.497 e. The molecule has 29 heavy (non-hydrogen) atoms. The van der Waals surface area contributed by atoms with Crippen molar-refractivity contribution in [3.05, 3.63) is 47.0 Å². The van der Waals surface area contributed by atoms with Crippen molar-refractivity contribution in [2.75, 3.05) is 26.9 Å². The van der Waals surface area contributed by atoms with Gasteiger partial charge in [-0.1, -0.05) is 17.7 Å². The molecule has 0 unspecified atom stereocenters. The van der Waals surface area contributed by atoms with E-state index in [9.17, 15) is 4.79 Å². The van der Waals surface area contributed by atoms with Crippen LogP contribution < -0.4 is 24.4 Å². The quantitative estimate of drug-likeness (QED) is 0.337. The minimum absolute atomic E-state index is 0.256. The molecule has 1 N–H and O–H groups in total. The number of hydrazone groups is 1. The first kappa shape index (κ1) is 22.4. The molecule has 0 radical (unpaired) electrons. The summed E-state index contributed by atoms with van der Waals surface area (Å²) < 4.78 is 22.3. The van der Waals surface area contributed by atoms with Gasteiger partial charge in [-0.2, -0.15) is 5.10 Å². The van der Waals surface area contributed by atoms with Crippen LogP contribution in [-0.4, -0.2) is 39.1 Å². The molecule has 0 atom stereocenters. The molecule has 0 bridgehead atoms. The molecule has 0 saturated carbocycles. The van der Waals surface area contributed by atoms with Gasteiger partial charge in [0.2, 0.25) is 5.91 Å². The molecular weight excluding hydrogens is 396 g/mol. The maximum atomic E-state index is 10.9. The van der Waals surface area contributed by atoms with Crippen LogP contribution in [0.5, 0.6) is 23.0 Å². The van der Waals surface area contributed by atoms with Crippen LogP contribution in [0.3, 0.4) is 0 Å². The van der Waals surface area contributed by atoms with Gasteiger partial charge in [0, 0.05) is 19.4 Å². The Labute approximate surface area is 175 Å². The van der Waals surface area contributed by atoms with E-state index in [-0.39, 0.29) is 5.91 Å². The van der Waals surface area contributed by atoms with Crippen molar-refractivity contribution < 1.29 is 23.7 Å². The zero-order valence-electron chi connectivity index (χ0n) is 16.7. The molecule has 8 heteroatoms. The highest BCUT2D eigenvalue weighted by molar-refractivity contribution is 6.32. The highest BCUT2D eigenvalue weighted by Crippen LogP contribution is 2.36. The van der Waals surface area contributed by atoms with E-state index in [1.165, 1.54) is 13.1 Å². The average molecular weight is 421 g/mol. The zero-order valence-corrected chi connectivity index (χ0v) is 17.5. The average Bonchev–Trinajstić information content (AvgIpc) is 2.69. The van der Waals surface area contributed by atoms with Crippen molar-refractivity contribution in [1.29, 1.82) is 0 Å². The lowest BCUT2D eigenvalue weighted by Crippen LogP contribution is -2.12. The summed E-state index contributed by atoms with van der Waals surface area (Å²) in [6.07, 6.45) is 2.15. The number of nitrogens with one attached hydrogen (secondary N) is 1. The number of amides is 1. The third kappa shape index (κ3) is 7.54. The Bertz CT molecular complexity index is 842. The second kappa shape index (κ2) is 11.8. The fourth-order valence-electron chi connectivity index (χ4n) is 2.38. The number of ether oxygens (including phenoxy) is 4. The summed E-state index contributed by atoms with van der Waals surface area (Å²) in [5.74, 6) is 2.20. The molecule has 2 aromatic rings. The zero-order chi connectivity index (χ0) is 21.1. The van der Waals surface area contributed by atoms with Crippen LogP contribution in [0.25, 0.3) is 0 Å². The predicted octanol–water partition coefficient (Wildman–Crippen LogP) is 4.07. The van der Waals surface area contributed by atoms with Crippen LogP contribution in [-0.2, 0) is 4.79 Å². The van der Waals surface area contributed by atoms with Crippen molar-refractivity contribution in [1.82, 2.24) is 5.43 Å². The standard InChI is InChI=1S/C21H25ClN2O5/c1-4-27-20-12-16(14-23-24-15(2)25)11-19(22)21(20)29-10-6-9-28-18-8-5-7-17(13-18)26-3/h5,7-8,11-14H,4,6,9-10H2,1-3H3,(H,24,25). The lowest BCUT2D eigenvalue weighted by atomic mass is 10.2. The van der Waals surface area contributed by atoms with E-state index >= 15 is 0 Å². The molecule has 0 aliphatic rings. The van der Waals surface area contributed by atoms with Crippen LogP contribution >= 0.6 is 11.6 Å². The summed E-state index contributed by atoms with van der Waals surface area (Å²) in [5.41, 5.74) is 3.02. The molecule has 0 heterocycles. The van der Waals surface area contributed by atoms with Gasteiger partial charge in [0.1, 0.15) is 11.5 Å². The Morgan fingerprint density at radius 2 is 1.90 bits per heavy atom. The summed E-state index contributed by atoms with van der Waals surface area (Å²) in [4.78, 5) is 10.9. The first-order chi connectivity index (χ1) is 14.0. The fraction of sp³-hybridized carbons (Fsp3) is 0.333. The van der Waals surface area contributed by atoms with Gasteiger partial charge in [0.15, 0.2) is 11.5 Å². The lowest BCUT2D eigenvalue weighted by molar-refractivity contribution is -0.118. The maximum Gasteiger partial charge on any atom is 0.236 e. The van der Waals surface area contributed by atoms with E-state index < -0.39 is 0 Å². The Morgan fingerprint density at radius 3 is 2.62 bits per heavy atom. The lowest BCUT2D eigenvalue weighted by Gasteiger charge is -2.14.